The Morgan fingerprint density at radius 3 is 2.43 bits per heavy atom. The molecule has 0 bridgehead atoms. The Morgan fingerprint density at radius 1 is 1.00 bits per heavy atom. The van der Waals surface area contributed by atoms with E-state index < -0.39 is 0 Å². The second kappa shape index (κ2) is 10.7. The van der Waals surface area contributed by atoms with Crippen molar-refractivity contribution in [3.63, 3.8) is 0 Å². The molecule has 6 rings (SSSR count). The van der Waals surface area contributed by atoms with Crippen molar-refractivity contribution in [2.24, 2.45) is 5.92 Å². The normalized spacial score (nSPS) is 24.4. The van der Waals surface area contributed by atoms with Crippen molar-refractivity contribution in [3.05, 3.63) is 36.0 Å². The van der Waals surface area contributed by atoms with Crippen molar-refractivity contribution < 1.29 is 5.11 Å². The lowest BCUT2D eigenvalue weighted by atomic mass is 9.93. The number of aliphatic hydroxyl groups excluding tert-OH is 1. The van der Waals surface area contributed by atoms with E-state index in [1.54, 1.807) is 0 Å². The van der Waals surface area contributed by atoms with Crippen molar-refractivity contribution in [1.82, 2.24) is 29.5 Å². The van der Waals surface area contributed by atoms with Gasteiger partial charge in [0.05, 0.1) is 17.5 Å². The third-order valence-corrected chi connectivity index (χ3v) is 8.45. The highest BCUT2D eigenvalue weighted by Gasteiger charge is 2.27. The number of piperazine rings is 1. The Bertz CT molecular complexity index is 1190. The average Bonchev–Trinajstić information content (AvgIpc) is 3.64. The van der Waals surface area contributed by atoms with Gasteiger partial charge in [0.25, 0.3) is 0 Å². The largest absolute Gasteiger partial charge is 0.393 e. The molecule has 0 radical (unpaired) electrons. The van der Waals surface area contributed by atoms with Gasteiger partial charge in [0.1, 0.15) is 5.69 Å². The van der Waals surface area contributed by atoms with Crippen LogP contribution in [-0.2, 0) is 6.54 Å². The number of aliphatic hydroxyl groups is 1. The molecular formula is C29H41N7O. The highest BCUT2D eigenvalue weighted by molar-refractivity contribution is 5.91. The number of nitrogens with zero attached hydrogens (tertiary/aromatic N) is 6. The van der Waals surface area contributed by atoms with Crippen LogP contribution in [0.1, 0.15) is 63.5 Å². The van der Waals surface area contributed by atoms with Crippen LogP contribution in [0, 0.1) is 5.92 Å². The van der Waals surface area contributed by atoms with E-state index >= 15 is 0 Å². The number of fused-ring (bicyclic) bond motifs is 1. The third kappa shape index (κ3) is 5.81. The number of anilines is 1. The first-order valence-corrected chi connectivity index (χ1v) is 14.2. The topological polar surface area (TPSA) is 82.3 Å². The maximum atomic E-state index is 10.1. The summed E-state index contributed by atoms with van der Waals surface area (Å²) in [6.07, 6.45) is 9.11. The fourth-order valence-corrected chi connectivity index (χ4v) is 5.93. The number of likely N-dealkylation sites (N-methyl/N-ethyl adjacent to an activating group) is 1. The first-order chi connectivity index (χ1) is 18.0. The average molecular weight is 504 g/mol. The molecule has 0 spiro atoms. The van der Waals surface area contributed by atoms with E-state index in [2.05, 4.69) is 58.0 Å². The number of hydrogen-bond acceptors (Lipinski definition) is 7. The Kier molecular flexibility index (Phi) is 7.14. The molecule has 1 saturated heterocycles. The van der Waals surface area contributed by atoms with Gasteiger partial charge in [-0.25, -0.2) is 9.67 Å². The van der Waals surface area contributed by atoms with Gasteiger partial charge in [-0.2, -0.15) is 10.1 Å². The van der Waals surface area contributed by atoms with Crippen molar-refractivity contribution in [2.75, 3.05) is 38.5 Å². The van der Waals surface area contributed by atoms with Crippen LogP contribution in [-0.4, -0.2) is 80.0 Å². The summed E-state index contributed by atoms with van der Waals surface area (Å²) < 4.78 is 2.12. The van der Waals surface area contributed by atoms with Crippen molar-refractivity contribution in [2.45, 2.75) is 76.6 Å². The molecule has 2 N–H and O–H groups in total. The van der Waals surface area contributed by atoms with Crippen molar-refractivity contribution in [3.8, 4) is 11.3 Å². The van der Waals surface area contributed by atoms with Crippen LogP contribution in [0.5, 0.6) is 0 Å². The maximum Gasteiger partial charge on any atom is 0.224 e. The van der Waals surface area contributed by atoms with Gasteiger partial charge in [-0.05, 0) is 57.6 Å². The van der Waals surface area contributed by atoms with Crippen molar-refractivity contribution >= 4 is 17.0 Å². The second-order valence-electron chi connectivity index (χ2n) is 11.7. The zero-order chi connectivity index (χ0) is 25.4. The van der Waals surface area contributed by atoms with E-state index in [1.165, 1.54) is 24.8 Å². The third-order valence-electron chi connectivity index (χ3n) is 8.45. The van der Waals surface area contributed by atoms with Crippen LogP contribution in [0.25, 0.3) is 22.3 Å². The van der Waals surface area contributed by atoms with Gasteiger partial charge in [0, 0.05) is 50.5 Å². The van der Waals surface area contributed by atoms with E-state index in [0.717, 1.165) is 86.6 Å². The van der Waals surface area contributed by atoms with Gasteiger partial charge < -0.3 is 15.3 Å². The Morgan fingerprint density at radius 2 is 1.73 bits per heavy atom. The van der Waals surface area contributed by atoms with E-state index in [0.29, 0.717) is 12.0 Å². The predicted octanol–water partition coefficient (Wildman–Crippen LogP) is 4.32. The quantitative estimate of drug-likeness (QED) is 0.474. The van der Waals surface area contributed by atoms with Gasteiger partial charge in [0.2, 0.25) is 5.95 Å². The van der Waals surface area contributed by atoms with E-state index in [4.69, 9.17) is 15.1 Å². The molecule has 8 nitrogen and oxygen atoms in total. The highest BCUT2D eigenvalue weighted by Crippen LogP contribution is 2.36. The Labute approximate surface area is 220 Å². The Balaban J connectivity index is 1.27. The molecule has 37 heavy (non-hydrogen) atoms. The lowest BCUT2D eigenvalue weighted by Crippen LogP contribution is -2.43. The molecule has 2 saturated carbocycles. The summed E-state index contributed by atoms with van der Waals surface area (Å²) in [4.78, 5) is 14.6. The number of hydrogen-bond donors (Lipinski definition) is 2. The van der Waals surface area contributed by atoms with Gasteiger partial charge in [-0.3, -0.25) is 4.90 Å². The monoisotopic (exact) mass is 503 g/mol. The lowest BCUT2D eigenvalue weighted by molar-refractivity contribution is 0.109. The summed E-state index contributed by atoms with van der Waals surface area (Å²) in [5, 5.41) is 19.7. The molecule has 0 amide bonds. The number of nitrogens with one attached hydrogen (secondary N) is 1. The molecule has 3 fully saturated rings. The summed E-state index contributed by atoms with van der Waals surface area (Å²) in [5.41, 5.74) is 4.29. The molecule has 3 heterocycles. The van der Waals surface area contributed by atoms with Crippen LogP contribution >= 0.6 is 0 Å². The van der Waals surface area contributed by atoms with Crippen LogP contribution in [0.3, 0.4) is 0 Å². The fourth-order valence-electron chi connectivity index (χ4n) is 5.93. The number of rotatable bonds is 8. The zero-order valence-electron chi connectivity index (χ0n) is 22.3. The molecule has 1 aromatic carbocycles. The van der Waals surface area contributed by atoms with Crippen LogP contribution < -0.4 is 5.32 Å². The molecule has 3 aliphatic rings. The van der Waals surface area contributed by atoms with Crippen LogP contribution in [0.15, 0.2) is 30.5 Å². The predicted molar refractivity (Wildman–Crippen MR) is 147 cm³/mol. The molecule has 198 valence electrons. The molecule has 2 aliphatic carbocycles. The van der Waals surface area contributed by atoms with E-state index in [9.17, 15) is 5.11 Å². The zero-order valence-corrected chi connectivity index (χ0v) is 22.3. The minimum absolute atomic E-state index is 0.194. The van der Waals surface area contributed by atoms with Gasteiger partial charge in [-0.1, -0.05) is 37.1 Å². The molecule has 1 unspecified atom stereocenters. The SMILES string of the molecule is CC(CC1CC1)Nc1ncc2c(-c3ccc(CN4CCN(C)CC4)cc3)nn(C3CCC(O)CC3)c2n1. The minimum atomic E-state index is -0.194. The summed E-state index contributed by atoms with van der Waals surface area (Å²) >= 11 is 0. The standard InChI is InChI=1S/C29H41N7O/c1-20(17-21-3-4-21)31-29-30-18-26-27(33-36(28(26)32-29)24-9-11-25(37)12-10-24)23-7-5-22(6-8-23)19-35-15-13-34(2)14-16-35/h5-8,18,20-21,24-25,37H,3-4,9-17,19H2,1-2H3,(H,30,31,32). The van der Waals surface area contributed by atoms with Gasteiger partial charge in [-0.15, -0.1) is 0 Å². The van der Waals surface area contributed by atoms with E-state index in [1.807, 2.05) is 6.20 Å². The smallest absolute Gasteiger partial charge is 0.224 e. The molecule has 1 aliphatic heterocycles. The van der Waals surface area contributed by atoms with Gasteiger partial charge >= 0.3 is 0 Å². The van der Waals surface area contributed by atoms with Crippen molar-refractivity contribution in [1.29, 1.82) is 0 Å². The van der Waals surface area contributed by atoms with Crippen LogP contribution in [0.2, 0.25) is 0 Å². The second-order valence-corrected chi connectivity index (χ2v) is 11.7. The summed E-state index contributed by atoms with van der Waals surface area (Å²) in [7, 11) is 2.20. The molecule has 1 atom stereocenters. The van der Waals surface area contributed by atoms with Gasteiger partial charge in [0.15, 0.2) is 5.65 Å². The lowest BCUT2D eigenvalue weighted by Gasteiger charge is -2.32. The maximum absolute atomic E-state index is 10.1. The number of aromatic nitrogens is 4. The fraction of sp³-hybridized carbons (Fsp3) is 0.621. The summed E-state index contributed by atoms with van der Waals surface area (Å²) in [5.74, 6) is 1.54. The molecular weight excluding hydrogens is 462 g/mol. The van der Waals surface area contributed by atoms with Crippen LogP contribution in [0.4, 0.5) is 5.95 Å². The highest BCUT2D eigenvalue weighted by atomic mass is 16.3. The first kappa shape index (κ1) is 24.8. The van der Waals surface area contributed by atoms with E-state index in [-0.39, 0.29) is 12.1 Å². The number of benzene rings is 1. The Hall–Kier alpha value is -2.55. The molecule has 8 heteroatoms. The minimum Gasteiger partial charge on any atom is -0.393 e. The first-order valence-electron chi connectivity index (χ1n) is 14.2. The molecule has 3 aromatic rings. The molecule has 2 aromatic heterocycles. The summed E-state index contributed by atoms with van der Waals surface area (Å²) in [6.45, 7) is 7.73. The summed E-state index contributed by atoms with van der Waals surface area (Å²) in [6, 6.07) is 9.50.